The Kier molecular flexibility index (Phi) is 3.50. The van der Waals surface area contributed by atoms with Gasteiger partial charge in [-0.2, -0.15) is 9.40 Å². The van der Waals surface area contributed by atoms with Crippen LogP contribution in [0.3, 0.4) is 0 Å². The van der Waals surface area contributed by atoms with E-state index in [4.69, 9.17) is 5.11 Å². The van der Waals surface area contributed by atoms with E-state index in [0.717, 1.165) is 12.8 Å². The van der Waals surface area contributed by atoms with Crippen molar-refractivity contribution in [2.45, 2.75) is 17.9 Å². The summed E-state index contributed by atoms with van der Waals surface area (Å²) in [6.07, 6.45) is 3.15. The van der Waals surface area contributed by atoms with Gasteiger partial charge < -0.3 is 5.11 Å². The van der Waals surface area contributed by atoms with Gasteiger partial charge in [-0.25, -0.2) is 8.42 Å². The summed E-state index contributed by atoms with van der Waals surface area (Å²) in [5.41, 5.74) is 0. The Bertz CT molecular complexity index is 483. The molecule has 0 radical (unpaired) electrons. The fraction of sp³-hybridized carbons (Fsp3) is 0.700. The molecule has 7 heteroatoms. The largest absolute Gasteiger partial charge is 0.396 e. The summed E-state index contributed by atoms with van der Waals surface area (Å²) in [4.78, 5) is 0. The maximum absolute atomic E-state index is 12.3. The van der Waals surface area contributed by atoms with Crippen molar-refractivity contribution >= 4 is 10.0 Å². The Morgan fingerprint density at radius 3 is 2.94 bits per heavy atom. The monoisotopic (exact) mass is 259 g/mol. The van der Waals surface area contributed by atoms with E-state index < -0.39 is 10.0 Å². The van der Waals surface area contributed by atoms with E-state index in [2.05, 4.69) is 5.10 Å². The lowest BCUT2D eigenvalue weighted by molar-refractivity contribution is 0.165. The van der Waals surface area contributed by atoms with Crippen LogP contribution in [0.15, 0.2) is 17.3 Å². The van der Waals surface area contributed by atoms with Gasteiger partial charge in [-0.15, -0.1) is 0 Å². The molecule has 0 aliphatic carbocycles. The Labute approximate surface area is 101 Å². The topological polar surface area (TPSA) is 75.4 Å². The molecule has 0 spiro atoms. The van der Waals surface area contributed by atoms with E-state index in [-0.39, 0.29) is 17.6 Å². The summed E-state index contributed by atoms with van der Waals surface area (Å²) in [6.45, 7) is 0.950. The van der Waals surface area contributed by atoms with Crippen molar-refractivity contribution in [1.82, 2.24) is 14.1 Å². The van der Waals surface area contributed by atoms with Gasteiger partial charge in [-0.1, -0.05) is 0 Å². The van der Waals surface area contributed by atoms with Gasteiger partial charge in [-0.05, 0) is 24.8 Å². The van der Waals surface area contributed by atoms with Gasteiger partial charge in [0.05, 0.1) is 6.20 Å². The molecule has 0 saturated carbocycles. The van der Waals surface area contributed by atoms with Crippen molar-refractivity contribution in [3.05, 3.63) is 12.3 Å². The molecule has 1 fully saturated rings. The first-order valence-corrected chi connectivity index (χ1v) is 7.08. The van der Waals surface area contributed by atoms with Crippen LogP contribution < -0.4 is 0 Å². The lowest BCUT2D eigenvalue weighted by atomic mass is 10.0. The molecule has 0 bridgehead atoms. The number of nitrogens with zero attached hydrogens (tertiary/aromatic N) is 3. The first-order chi connectivity index (χ1) is 8.05. The predicted molar refractivity (Wildman–Crippen MR) is 61.8 cm³/mol. The minimum Gasteiger partial charge on any atom is -0.396 e. The molecule has 17 heavy (non-hydrogen) atoms. The van der Waals surface area contributed by atoms with E-state index in [1.54, 1.807) is 7.05 Å². The Morgan fingerprint density at radius 1 is 1.59 bits per heavy atom. The zero-order valence-corrected chi connectivity index (χ0v) is 10.6. The van der Waals surface area contributed by atoms with Gasteiger partial charge in [-0.3, -0.25) is 4.68 Å². The van der Waals surface area contributed by atoms with Crippen molar-refractivity contribution in [3.8, 4) is 0 Å². The third-order valence-electron chi connectivity index (χ3n) is 3.12. The van der Waals surface area contributed by atoms with Crippen LogP contribution >= 0.6 is 0 Å². The van der Waals surface area contributed by atoms with Crippen molar-refractivity contribution in [1.29, 1.82) is 0 Å². The van der Waals surface area contributed by atoms with Crippen LogP contribution in [0.4, 0.5) is 0 Å². The number of aryl methyl sites for hydroxylation is 1. The standard InChI is InChI=1S/C10H17N3O3S/c1-12-10(4-5-11-12)17(15,16)13-6-2-3-9(7-13)8-14/h4-5,9,14H,2-3,6-8H2,1H3. The smallest absolute Gasteiger partial charge is 0.260 e. The van der Waals surface area contributed by atoms with E-state index in [0.29, 0.717) is 13.1 Å². The van der Waals surface area contributed by atoms with Crippen LogP contribution in [0.1, 0.15) is 12.8 Å². The molecule has 0 amide bonds. The number of piperidine rings is 1. The summed E-state index contributed by atoms with van der Waals surface area (Å²) >= 11 is 0. The molecule has 1 aromatic rings. The van der Waals surface area contributed by atoms with Gasteiger partial charge in [0.2, 0.25) is 0 Å². The van der Waals surface area contributed by atoms with E-state index in [1.807, 2.05) is 0 Å². The molecule has 2 heterocycles. The summed E-state index contributed by atoms with van der Waals surface area (Å²) in [5.74, 6) is 0.0479. The number of aliphatic hydroxyl groups is 1. The Balaban J connectivity index is 2.24. The fourth-order valence-electron chi connectivity index (χ4n) is 2.14. The third-order valence-corrected chi connectivity index (χ3v) is 5.06. The SMILES string of the molecule is Cn1nccc1S(=O)(=O)N1CCCC(CO)C1. The van der Waals surface area contributed by atoms with Gasteiger partial charge in [0.1, 0.15) is 0 Å². The molecule has 6 nitrogen and oxygen atoms in total. The molecular weight excluding hydrogens is 242 g/mol. The maximum atomic E-state index is 12.3. The second-order valence-corrected chi connectivity index (χ2v) is 6.23. The van der Waals surface area contributed by atoms with Crippen molar-refractivity contribution < 1.29 is 13.5 Å². The minimum atomic E-state index is -3.47. The molecule has 1 unspecified atom stereocenters. The number of rotatable bonds is 3. The molecule has 1 saturated heterocycles. The van der Waals surface area contributed by atoms with Crippen LogP contribution in [0.25, 0.3) is 0 Å². The number of aliphatic hydroxyl groups excluding tert-OH is 1. The third kappa shape index (κ3) is 2.36. The molecule has 2 rings (SSSR count). The second kappa shape index (κ2) is 4.75. The number of hydrogen-bond acceptors (Lipinski definition) is 4. The quantitative estimate of drug-likeness (QED) is 0.816. The minimum absolute atomic E-state index is 0.0391. The highest BCUT2D eigenvalue weighted by atomic mass is 32.2. The maximum Gasteiger partial charge on any atom is 0.260 e. The molecule has 1 aliphatic rings. The van der Waals surface area contributed by atoms with E-state index >= 15 is 0 Å². The highest BCUT2D eigenvalue weighted by Gasteiger charge is 2.31. The summed E-state index contributed by atoms with van der Waals surface area (Å²) in [6, 6.07) is 1.50. The molecule has 0 aromatic carbocycles. The predicted octanol–water partition coefficient (Wildman–Crippen LogP) is -0.187. The van der Waals surface area contributed by atoms with Crippen molar-refractivity contribution in [2.24, 2.45) is 13.0 Å². The van der Waals surface area contributed by atoms with E-state index in [1.165, 1.54) is 21.3 Å². The van der Waals surface area contributed by atoms with Gasteiger partial charge in [0.25, 0.3) is 10.0 Å². The molecule has 1 atom stereocenters. The second-order valence-electron chi connectivity index (χ2n) is 4.35. The fourth-order valence-corrected chi connectivity index (χ4v) is 3.80. The van der Waals surface area contributed by atoms with Crippen molar-refractivity contribution in [2.75, 3.05) is 19.7 Å². The summed E-state index contributed by atoms with van der Waals surface area (Å²) in [5, 5.41) is 13.2. The first-order valence-electron chi connectivity index (χ1n) is 5.64. The van der Waals surface area contributed by atoms with Crippen LogP contribution in [0.2, 0.25) is 0 Å². The normalized spacial score (nSPS) is 22.8. The molecule has 1 N–H and O–H groups in total. The number of aromatic nitrogens is 2. The Hall–Kier alpha value is -0.920. The summed E-state index contributed by atoms with van der Waals surface area (Å²) < 4.78 is 27.4. The Morgan fingerprint density at radius 2 is 2.35 bits per heavy atom. The number of hydrogen-bond donors (Lipinski definition) is 1. The van der Waals surface area contributed by atoms with Crippen LogP contribution in [0, 0.1) is 5.92 Å². The van der Waals surface area contributed by atoms with Crippen LogP contribution in [-0.4, -0.2) is 47.3 Å². The zero-order chi connectivity index (χ0) is 12.5. The highest BCUT2D eigenvalue weighted by Crippen LogP contribution is 2.22. The van der Waals surface area contributed by atoms with Gasteiger partial charge >= 0.3 is 0 Å². The summed E-state index contributed by atoms with van der Waals surface area (Å²) in [7, 11) is -1.86. The van der Waals surface area contributed by atoms with E-state index in [9.17, 15) is 8.42 Å². The molecule has 1 aliphatic heterocycles. The molecule has 1 aromatic heterocycles. The highest BCUT2D eigenvalue weighted by molar-refractivity contribution is 7.89. The van der Waals surface area contributed by atoms with Crippen LogP contribution in [-0.2, 0) is 17.1 Å². The lowest BCUT2D eigenvalue weighted by Crippen LogP contribution is -2.41. The number of sulfonamides is 1. The van der Waals surface area contributed by atoms with Crippen LogP contribution in [0.5, 0.6) is 0 Å². The average Bonchev–Trinajstić information content (AvgIpc) is 2.76. The van der Waals surface area contributed by atoms with Gasteiger partial charge in [0.15, 0.2) is 5.03 Å². The van der Waals surface area contributed by atoms with Crippen molar-refractivity contribution in [3.63, 3.8) is 0 Å². The van der Waals surface area contributed by atoms with Gasteiger partial charge in [0, 0.05) is 26.7 Å². The first kappa shape index (κ1) is 12.5. The molecule has 96 valence electrons. The average molecular weight is 259 g/mol. The molecular formula is C10H17N3O3S. The zero-order valence-electron chi connectivity index (χ0n) is 9.78. The lowest BCUT2D eigenvalue weighted by Gasteiger charge is -2.30.